The molecule has 120 valence electrons. The average molecular weight is 338 g/mol. The Hall–Kier alpha value is -2.21. The lowest BCUT2D eigenvalue weighted by atomic mass is 10.1. The van der Waals surface area contributed by atoms with E-state index >= 15 is 0 Å². The fourth-order valence-corrected chi connectivity index (χ4v) is 2.61. The first-order chi connectivity index (χ1) is 11.0. The van der Waals surface area contributed by atoms with E-state index in [1.54, 1.807) is 12.1 Å². The molecule has 1 fully saturated rings. The zero-order valence-electron chi connectivity index (χ0n) is 12.2. The molecule has 1 aromatic heterocycles. The number of carbonyl (C=O) groups is 1. The quantitative estimate of drug-likeness (QED) is 0.864. The van der Waals surface area contributed by atoms with Crippen LogP contribution in [0.25, 0.3) is 0 Å². The van der Waals surface area contributed by atoms with Crippen molar-refractivity contribution in [3.8, 4) is 0 Å². The van der Waals surface area contributed by atoms with Gasteiger partial charge in [-0.25, -0.2) is 13.8 Å². The van der Waals surface area contributed by atoms with Gasteiger partial charge in [0.2, 0.25) is 5.91 Å². The first kappa shape index (κ1) is 15.7. The van der Waals surface area contributed by atoms with Crippen molar-refractivity contribution >= 4 is 23.3 Å². The van der Waals surface area contributed by atoms with Crippen LogP contribution in [0.2, 0.25) is 5.02 Å². The van der Waals surface area contributed by atoms with Crippen molar-refractivity contribution < 1.29 is 13.6 Å². The lowest BCUT2D eigenvalue weighted by molar-refractivity contribution is -0.131. The minimum Gasteiger partial charge on any atom is -0.346 e. The van der Waals surface area contributed by atoms with Crippen molar-refractivity contribution in [2.24, 2.45) is 0 Å². The summed E-state index contributed by atoms with van der Waals surface area (Å²) < 4.78 is 26.9. The lowest BCUT2D eigenvalue weighted by Gasteiger charge is -2.35. The zero-order valence-corrected chi connectivity index (χ0v) is 12.9. The van der Waals surface area contributed by atoms with Gasteiger partial charge in [0.05, 0.1) is 11.6 Å². The van der Waals surface area contributed by atoms with Crippen LogP contribution in [0.4, 0.5) is 14.6 Å². The Kier molecular flexibility index (Phi) is 4.43. The highest BCUT2D eigenvalue weighted by Crippen LogP contribution is 2.19. The van der Waals surface area contributed by atoms with Gasteiger partial charge in [-0.3, -0.25) is 4.79 Å². The van der Waals surface area contributed by atoms with Crippen molar-refractivity contribution in [1.82, 2.24) is 9.88 Å². The molecule has 0 radical (unpaired) electrons. The highest BCUT2D eigenvalue weighted by molar-refractivity contribution is 6.30. The van der Waals surface area contributed by atoms with E-state index in [1.807, 2.05) is 4.90 Å². The van der Waals surface area contributed by atoms with E-state index in [-0.39, 0.29) is 24.6 Å². The summed E-state index contributed by atoms with van der Waals surface area (Å²) >= 11 is 5.80. The Balaban J connectivity index is 1.68. The maximum absolute atomic E-state index is 13.7. The largest absolute Gasteiger partial charge is 0.346 e. The topological polar surface area (TPSA) is 36.4 Å². The number of carbonyl (C=O) groups excluding carboxylic acids is 1. The van der Waals surface area contributed by atoms with Gasteiger partial charge in [-0.1, -0.05) is 11.6 Å². The molecule has 23 heavy (non-hydrogen) atoms. The second-order valence-corrected chi connectivity index (χ2v) is 5.74. The third kappa shape index (κ3) is 3.59. The number of piperazine rings is 1. The maximum Gasteiger partial charge on any atom is 0.242 e. The number of amides is 1. The van der Waals surface area contributed by atoms with E-state index in [1.165, 1.54) is 11.1 Å². The van der Waals surface area contributed by atoms with Crippen LogP contribution < -0.4 is 4.90 Å². The molecule has 0 saturated carbocycles. The van der Waals surface area contributed by atoms with Crippen LogP contribution in [0.3, 0.4) is 0 Å². The predicted molar refractivity (Wildman–Crippen MR) is 83.2 cm³/mol. The molecule has 4 nitrogen and oxygen atoms in total. The molecule has 1 amide bonds. The van der Waals surface area contributed by atoms with Crippen molar-refractivity contribution in [2.75, 3.05) is 24.5 Å². The summed E-state index contributed by atoms with van der Waals surface area (Å²) in [4.78, 5) is 19.8. The van der Waals surface area contributed by atoms with Gasteiger partial charge in [-0.15, -0.1) is 0 Å². The molecule has 2 aromatic rings. The molecule has 0 spiro atoms. The lowest BCUT2D eigenvalue weighted by Crippen LogP contribution is -2.50. The van der Waals surface area contributed by atoms with Crippen LogP contribution in [-0.4, -0.2) is 35.4 Å². The van der Waals surface area contributed by atoms with Crippen LogP contribution >= 0.6 is 11.6 Å². The number of anilines is 1. The van der Waals surface area contributed by atoms with E-state index < -0.39 is 11.6 Å². The molecule has 0 aliphatic carbocycles. The highest BCUT2D eigenvalue weighted by atomic mass is 35.5. The summed E-state index contributed by atoms with van der Waals surface area (Å²) in [5, 5.41) is 0.528. The molecule has 0 bridgehead atoms. The van der Waals surface area contributed by atoms with Crippen LogP contribution in [0.1, 0.15) is 5.56 Å². The van der Waals surface area contributed by atoms with Crippen molar-refractivity contribution in [2.45, 2.75) is 6.54 Å². The first-order valence-electron chi connectivity index (χ1n) is 7.11. The average Bonchev–Trinajstić information content (AvgIpc) is 2.53. The molecule has 1 saturated heterocycles. The first-order valence-corrected chi connectivity index (χ1v) is 7.49. The molecule has 7 heteroatoms. The third-order valence-corrected chi connectivity index (χ3v) is 3.95. The molecular weight excluding hydrogens is 324 g/mol. The summed E-state index contributed by atoms with van der Waals surface area (Å²) in [5.74, 6) is -0.519. The number of hydrogen-bond acceptors (Lipinski definition) is 3. The molecule has 0 atom stereocenters. The Labute approximate surface area is 137 Å². The van der Waals surface area contributed by atoms with Gasteiger partial charge >= 0.3 is 0 Å². The normalized spacial score (nSPS) is 15.2. The molecule has 2 heterocycles. The van der Waals surface area contributed by atoms with Crippen LogP contribution in [0.15, 0.2) is 36.5 Å². The number of nitrogens with zero attached hydrogens (tertiary/aromatic N) is 3. The molecule has 3 rings (SSSR count). The fourth-order valence-electron chi connectivity index (χ4n) is 2.50. The summed E-state index contributed by atoms with van der Waals surface area (Å²) in [7, 11) is 0. The number of rotatable bonds is 3. The Morgan fingerprint density at radius 2 is 2.00 bits per heavy atom. The van der Waals surface area contributed by atoms with Gasteiger partial charge in [-0.05, 0) is 30.3 Å². The maximum atomic E-state index is 13.7. The van der Waals surface area contributed by atoms with Crippen molar-refractivity contribution in [3.63, 3.8) is 0 Å². The minimum atomic E-state index is -0.516. The van der Waals surface area contributed by atoms with Crippen LogP contribution in [0.5, 0.6) is 0 Å². The Bertz CT molecular complexity index is 724. The SMILES string of the molecule is O=C1CN(c2ccc(Cl)cn2)CCN1Cc1cc(F)ccc1F. The third-order valence-electron chi connectivity index (χ3n) is 3.72. The molecule has 1 aliphatic rings. The van der Waals surface area contributed by atoms with Gasteiger partial charge in [0, 0.05) is 31.4 Å². The van der Waals surface area contributed by atoms with E-state index in [9.17, 15) is 13.6 Å². The fraction of sp³-hybridized carbons (Fsp3) is 0.250. The van der Waals surface area contributed by atoms with Crippen molar-refractivity contribution in [3.05, 3.63) is 58.7 Å². The molecular formula is C16H14ClF2N3O. The molecule has 1 aromatic carbocycles. The van der Waals surface area contributed by atoms with E-state index in [4.69, 9.17) is 11.6 Å². The van der Waals surface area contributed by atoms with Gasteiger partial charge in [0.25, 0.3) is 0 Å². The Morgan fingerprint density at radius 3 is 2.70 bits per heavy atom. The van der Waals surface area contributed by atoms with E-state index in [2.05, 4.69) is 4.98 Å². The molecule has 0 unspecified atom stereocenters. The smallest absolute Gasteiger partial charge is 0.242 e. The highest BCUT2D eigenvalue weighted by Gasteiger charge is 2.25. The second-order valence-electron chi connectivity index (χ2n) is 5.31. The van der Waals surface area contributed by atoms with Crippen molar-refractivity contribution in [1.29, 1.82) is 0 Å². The number of pyridine rings is 1. The van der Waals surface area contributed by atoms with Gasteiger partial charge < -0.3 is 9.80 Å². The van der Waals surface area contributed by atoms with Gasteiger partial charge in [0.1, 0.15) is 17.5 Å². The van der Waals surface area contributed by atoms with Crippen LogP contribution in [-0.2, 0) is 11.3 Å². The van der Waals surface area contributed by atoms with Gasteiger partial charge in [0.15, 0.2) is 0 Å². The number of aromatic nitrogens is 1. The second kappa shape index (κ2) is 6.50. The molecule has 1 aliphatic heterocycles. The number of halogens is 3. The van der Waals surface area contributed by atoms with Crippen LogP contribution in [0, 0.1) is 11.6 Å². The van der Waals surface area contributed by atoms with Gasteiger partial charge in [-0.2, -0.15) is 0 Å². The predicted octanol–water partition coefficient (Wildman–Crippen LogP) is 2.86. The zero-order chi connectivity index (χ0) is 16.4. The van der Waals surface area contributed by atoms with E-state index in [0.29, 0.717) is 23.9 Å². The summed E-state index contributed by atoms with van der Waals surface area (Å²) in [5.41, 5.74) is 0.177. The number of hydrogen-bond donors (Lipinski definition) is 0. The summed E-state index contributed by atoms with van der Waals surface area (Å²) in [6.07, 6.45) is 1.52. The molecule has 0 N–H and O–H groups in total. The van der Waals surface area contributed by atoms with E-state index in [0.717, 1.165) is 18.2 Å². The minimum absolute atomic E-state index is 0.0598. The standard InChI is InChI=1S/C16H14ClF2N3O/c17-12-1-4-15(20-8-12)21-5-6-22(16(23)10-21)9-11-7-13(18)2-3-14(11)19/h1-4,7-8H,5-6,9-10H2. The summed E-state index contributed by atoms with van der Waals surface area (Å²) in [6, 6.07) is 6.71. The number of benzene rings is 1. The summed E-state index contributed by atoms with van der Waals surface area (Å²) in [6.45, 7) is 1.19. The monoisotopic (exact) mass is 337 g/mol. The Morgan fingerprint density at radius 1 is 1.17 bits per heavy atom.